The number of hydrogen-bond acceptors (Lipinski definition) is 5. The van der Waals surface area contributed by atoms with Gasteiger partial charge in [-0.3, -0.25) is 4.79 Å². The van der Waals surface area contributed by atoms with E-state index < -0.39 is 30.2 Å². The van der Waals surface area contributed by atoms with Crippen LogP contribution >= 0.6 is 0 Å². The molecule has 1 heterocycles. The minimum Gasteiger partial charge on any atom is -0.454 e. The molecule has 0 spiro atoms. The Morgan fingerprint density at radius 1 is 1.52 bits per heavy atom. The zero-order chi connectivity index (χ0) is 15.6. The van der Waals surface area contributed by atoms with Crippen LogP contribution < -0.4 is 0 Å². The minimum atomic E-state index is -1.07. The van der Waals surface area contributed by atoms with Gasteiger partial charge in [-0.2, -0.15) is 0 Å². The Kier molecular flexibility index (Phi) is 4.75. The van der Waals surface area contributed by atoms with Crippen molar-refractivity contribution in [3.63, 3.8) is 0 Å². The molecule has 0 aromatic rings. The molecule has 21 heavy (non-hydrogen) atoms. The van der Waals surface area contributed by atoms with Crippen LogP contribution in [0.15, 0.2) is 35.5 Å². The molecule has 5 nitrogen and oxygen atoms in total. The summed E-state index contributed by atoms with van der Waals surface area (Å²) in [6.45, 7) is 5.65. The highest BCUT2D eigenvalue weighted by molar-refractivity contribution is 5.91. The predicted molar refractivity (Wildman–Crippen MR) is 76.5 cm³/mol. The number of fused-ring (bicyclic) bond motifs is 1. The Morgan fingerprint density at radius 2 is 2.24 bits per heavy atom. The first kappa shape index (κ1) is 15.7. The number of carbonyl (C=O) groups is 2. The molecule has 0 aromatic heterocycles. The number of esters is 1. The summed E-state index contributed by atoms with van der Waals surface area (Å²) in [4.78, 5) is 23.0. The van der Waals surface area contributed by atoms with Gasteiger partial charge in [-0.15, -0.1) is 0 Å². The smallest absolute Gasteiger partial charge is 0.334 e. The Balaban J connectivity index is 2.45. The third-order valence-electron chi connectivity index (χ3n) is 4.03. The fourth-order valence-corrected chi connectivity index (χ4v) is 2.87. The van der Waals surface area contributed by atoms with E-state index in [0.717, 1.165) is 12.0 Å². The second kappa shape index (κ2) is 6.37. The monoisotopic (exact) mass is 292 g/mol. The highest BCUT2D eigenvalue weighted by Crippen LogP contribution is 2.35. The van der Waals surface area contributed by atoms with Crippen molar-refractivity contribution in [1.82, 2.24) is 0 Å². The average molecular weight is 292 g/mol. The number of ether oxygens (including phenoxy) is 2. The average Bonchev–Trinajstić information content (AvgIpc) is 2.72. The molecule has 4 unspecified atom stereocenters. The van der Waals surface area contributed by atoms with Gasteiger partial charge in [0.15, 0.2) is 0 Å². The summed E-state index contributed by atoms with van der Waals surface area (Å²) in [7, 11) is 1.42. The summed E-state index contributed by atoms with van der Waals surface area (Å²) in [5, 5.41) is 10.6. The molecule has 114 valence electrons. The summed E-state index contributed by atoms with van der Waals surface area (Å²) in [6, 6.07) is 0. The molecule has 4 atom stereocenters. The summed E-state index contributed by atoms with van der Waals surface area (Å²) in [6.07, 6.45) is 3.27. The Labute approximate surface area is 123 Å². The number of rotatable bonds is 2. The number of aliphatic hydroxyl groups is 1. The van der Waals surface area contributed by atoms with Crippen molar-refractivity contribution in [2.45, 2.75) is 38.1 Å². The molecule has 2 rings (SSSR count). The van der Waals surface area contributed by atoms with Crippen LogP contribution in [0, 0.1) is 5.92 Å². The lowest BCUT2D eigenvalue weighted by Gasteiger charge is -2.29. The lowest BCUT2D eigenvalue weighted by molar-refractivity contribution is -0.138. The molecule has 0 amide bonds. The van der Waals surface area contributed by atoms with Crippen LogP contribution in [0.2, 0.25) is 0 Å². The lowest BCUT2D eigenvalue weighted by atomic mass is 9.84. The Hall–Kier alpha value is -1.72. The van der Waals surface area contributed by atoms with Crippen LogP contribution in [0.5, 0.6) is 0 Å². The number of aldehydes is 1. The van der Waals surface area contributed by atoms with Crippen LogP contribution in [-0.4, -0.2) is 42.8 Å². The van der Waals surface area contributed by atoms with Crippen molar-refractivity contribution in [2.24, 2.45) is 5.92 Å². The van der Waals surface area contributed by atoms with E-state index in [1.165, 1.54) is 7.11 Å². The fourth-order valence-electron chi connectivity index (χ4n) is 2.87. The van der Waals surface area contributed by atoms with Gasteiger partial charge in [0.1, 0.15) is 18.5 Å². The van der Waals surface area contributed by atoms with E-state index in [1.807, 2.05) is 13.0 Å². The predicted octanol–water partition coefficient (Wildman–Crippen LogP) is 1.33. The van der Waals surface area contributed by atoms with Crippen LogP contribution in [0.3, 0.4) is 0 Å². The van der Waals surface area contributed by atoms with Gasteiger partial charge in [0.25, 0.3) is 0 Å². The largest absolute Gasteiger partial charge is 0.454 e. The summed E-state index contributed by atoms with van der Waals surface area (Å²) >= 11 is 0. The molecular weight excluding hydrogens is 272 g/mol. The Morgan fingerprint density at radius 3 is 2.86 bits per heavy atom. The number of carbonyl (C=O) groups excluding carboxylic acids is 2. The SMILES string of the molecule is C=C1C(=O)OC2C=C(C)CCC=C(C=O)C(OC)C(O)C12. The number of aliphatic hydroxyl groups excluding tert-OH is 1. The van der Waals surface area contributed by atoms with Gasteiger partial charge < -0.3 is 14.6 Å². The molecule has 1 N–H and O–H groups in total. The minimum absolute atomic E-state index is 0.212. The maximum absolute atomic E-state index is 11.7. The van der Waals surface area contributed by atoms with Crippen molar-refractivity contribution in [2.75, 3.05) is 7.11 Å². The van der Waals surface area contributed by atoms with Crippen LogP contribution in [0.25, 0.3) is 0 Å². The van der Waals surface area contributed by atoms with Crippen LogP contribution in [0.4, 0.5) is 0 Å². The van der Waals surface area contributed by atoms with Crippen molar-refractivity contribution < 1.29 is 24.2 Å². The standard InChI is InChI=1S/C16H20O5/c1-9-5-4-6-11(8-17)15(20-3)14(18)13-10(2)16(19)21-12(13)7-9/h6-8,12-15,18H,2,4-5H2,1,3H3. The number of hydrogen-bond donors (Lipinski definition) is 1. The van der Waals surface area contributed by atoms with E-state index in [2.05, 4.69) is 6.58 Å². The van der Waals surface area contributed by atoms with Gasteiger partial charge in [-0.1, -0.05) is 18.2 Å². The highest BCUT2D eigenvalue weighted by atomic mass is 16.6. The van der Waals surface area contributed by atoms with Crippen molar-refractivity contribution >= 4 is 12.3 Å². The molecule has 1 aliphatic heterocycles. The fraction of sp³-hybridized carbons (Fsp3) is 0.500. The summed E-state index contributed by atoms with van der Waals surface area (Å²) < 4.78 is 10.6. The van der Waals surface area contributed by atoms with E-state index >= 15 is 0 Å². The first-order chi connectivity index (χ1) is 9.99. The van der Waals surface area contributed by atoms with E-state index in [1.54, 1.807) is 6.08 Å². The van der Waals surface area contributed by atoms with Crippen molar-refractivity contribution in [3.05, 3.63) is 35.5 Å². The normalized spacial score (nSPS) is 33.7. The molecule has 5 heteroatoms. The van der Waals surface area contributed by atoms with E-state index in [0.29, 0.717) is 18.3 Å². The van der Waals surface area contributed by atoms with Crippen LogP contribution in [0.1, 0.15) is 19.8 Å². The molecule has 0 radical (unpaired) electrons. The highest BCUT2D eigenvalue weighted by Gasteiger charge is 2.45. The van der Waals surface area contributed by atoms with Gasteiger partial charge in [-0.25, -0.2) is 4.79 Å². The molecule has 0 bridgehead atoms. The first-order valence-electron chi connectivity index (χ1n) is 6.92. The molecule has 2 aliphatic rings. The number of methoxy groups -OCH3 is 1. The van der Waals surface area contributed by atoms with Gasteiger partial charge in [-0.05, 0) is 25.8 Å². The van der Waals surface area contributed by atoms with Gasteiger partial charge in [0.2, 0.25) is 0 Å². The van der Waals surface area contributed by atoms with Crippen LogP contribution in [-0.2, 0) is 19.1 Å². The van der Waals surface area contributed by atoms with Crippen molar-refractivity contribution in [1.29, 1.82) is 0 Å². The third-order valence-corrected chi connectivity index (χ3v) is 4.03. The third kappa shape index (κ3) is 2.99. The zero-order valence-electron chi connectivity index (χ0n) is 12.2. The maximum Gasteiger partial charge on any atom is 0.334 e. The molecule has 1 saturated heterocycles. The van der Waals surface area contributed by atoms with E-state index in [4.69, 9.17) is 9.47 Å². The summed E-state index contributed by atoms with van der Waals surface area (Å²) in [5.74, 6) is -1.13. The number of allylic oxidation sites excluding steroid dienone is 2. The van der Waals surface area contributed by atoms with Gasteiger partial charge in [0, 0.05) is 18.3 Å². The Bertz CT molecular complexity index is 517. The van der Waals surface area contributed by atoms with Crippen molar-refractivity contribution in [3.8, 4) is 0 Å². The lowest BCUT2D eigenvalue weighted by Crippen LogP contribution is -2.40. The summed E-state index contributed by atoms with van der Waals surface area (Å²) in [5.41, 5.74) is 1.63. The van der Waals surface area contributed by atoms with Gasteiger partial charge >= 0.3 is 5.97 Å². The first-order valence-corrected chi connectivity index (χ1v) is 6.92. The van der Waals surface area contributed by atoms with E-state index in [9.17, 15) is 14.7 Å². The second-order valence-electron chi connectivity index (χ2n) is 5.44. The topological polar surface area (TPSA) is 72.8 Å². The molecule has 0 aromatic carbocycles. The second-order valence-corrected chi connectivity index (χ2v) is 5.44. The molecule has 1 aliphatic carbocycles. The molecule has 1 fully saturated rings. The molecule has 0 saturated carbocycles. The van der Waals surface area contributed by atoms with Gasteiger partial charge in [0.05, 0.1) is 12.0 Å². The molecular formula is C16H20O5. The maximum atomic E-state index is 11.7. The van der Waals surface area contributed by atoms with E-state index in [-0.39, 0.29) is 5.57 Å². The zero-order valence-corrected chi connectivity index (χ0v) is 12.2. The quantitative estimate of drug-likeness (QED) is 0.360.